The number of hydrogen-bond acceptors (Lipinski definition) is 2. The molecular weight excluding hydrogens is 250 g/mol. The lowest BCUT2D eigenvalue weighted by molar-refractivity contribution is -0.143. The summed E-state index contributed by atoms with van der Waals surface area (Å²) >= 11 is 6.20. The first-order chi connectivity index (χ1) is 8.59. The van der Waals surface area contributed by atoms with Gasteiger partial charge in [-0.25, -0.2) is 0 Å². The van der Waals surface area contributed by atoms with Crippen LogP contribution >= 0.6 is 11.6 Å². The quantitative estimate of drug-likeness (QED) is 0.914. The summed E-state index contributed by atoms with van der Waals surface area (Å²) in [5, 5.41) is 9.77. The molecule has 4 heteroatoms. The Labute approximate surface area is 112 Å². The molecule has 1 aliphatic heterocycles. The Morgan fingerprint density at radius 3 is 2.56 bits per heavy atom. The highest BCUT2D eigenvalue weighted by atomic mass is 35.5. The van der Waals surface area contributed by atoms with Crippen LogP contribution < -0.4 is 0 Å². The van der Waals surface area contributed by atoms with E-state index < -0.39 is 5.97 Å². The maximum absolute atomic E-state index is 10.9. The smallest absolute Gasteiger partial charge is 0.306 e. The lowest BCUT2D eigenvalue weighted by Gasteiger charge is -2.35. The zero-order valence-corrected chi connectivity index (χ0v) is 11.2. The van der Waals surface area contributed by atoms with E-state index in [1.165, 1.54) is 0 Å². The van der Waals surface area contributed by atoms with E-state index in [1.807, 2.05) is 24.3 Å². The molecule has 1 aliphatic rings. The van der Waals surface area contributed by atoms with Crippen molar-refractivity contribution in [2.24, 2.45) is 5.92 Å². The highest BCUT2D eigenvalue weighted by molar-refractivity contribution is 6.31. The number of benzene rings is 1. The lowest BCUT2D eigenvalue weighted by Crippen LogP contribution is -2.37. The van der Waals surface area contributed by atoms with Crippen LogP contribution in [0.4, 0.5) is 0 Å². The molecule has 1 N–H and O–H groups in total. The van der Waals surface area contributed by atoms with Crippen LogP contribution in [-0.2, 0) is 4.79 Å². The number of piperidine rings is 1. The van der Waals surface area contributed by atoms with E-state index in [1.54, 1.807) is 0 Å². The minimum absolute atomic E-state index is 0.181. The van der Waals surface area contributed by atoms with Gasteiger partial charge in [0.1, 0.15) is 0 Å². The van der Waals surface area contributed by atoms with E-state index in [2.05, 4.69) is 11.8 Å². The zero-order valence-electron chi connectivity index (χ0n) is 10.5. The predicted molar refractivity (Wildman–Crippen MR) is 71.8 cm³/mol. The number of carboxylic acids is 1. The fourth-order valence-corrected chi connectivity index (χ4v) is 2.84. The Morgan fingerprint density at radius 1 is 1.39 bits per heavy atom. The van der Waals surface area contributed by atoms with Gasteiger partial charge in [-0.2, -0.15) is 0 Å². The van der Waals surface area contributed by atoms with Crippen molar-refractivity contribution in [2.75, 3.05) is 13.1 Å². The molecule has 1 fully saturated rings. The average molecular weight is 268 g/mol. The van der Waals surface area contributed by atoms with Crippen molar-refractivity contribution in [2.45, 2.75) is 25.8 Å². The summed E-state index contributed by atoms with van der Waals surface area (Å²) in [6.45, 7) is 3.77. The molecule has 98 valence electrons. The Bertz CT molecular complexity index is 428. The number of rotatable bonds is 3. The monoisotopic (exact) mass is 267 g/mol. The van der Waals surface area contributed by atoms with Gasteiger partial charge in [0.15, 0.2) is 0 Å². The van der Waals surface area contributed by atoms with Crippen LogP contribution in [0.25, 0.3) is 0 Å². The highest BCUT2D eigenvalue weighted by Gasteiger charge is 2.27. The molecule has 2 rings (SSSR count). The third-order valence-corrected chi connectivity index (χ3v) is 4.13. The normalized spacial score (nSPS) is 19.7. The fourth-order valence-electron chi connectivity index (χ4n) is 2.54. The molecule has 1 heterocycles. The van der Waals surface area contributed by atoms with E-state index in [0.717, 1.165) is 36.5 Å². The molecule has 1 atom stereocenters. The second-order valence-corrected chi connectivity index (χ2v) is 5.25. The molecule has 0 radical (unpaired) electrons. The number of hydrogen-bond donors (Lipinski definition) is 1. The van der Waals surface area contributed by atoms with Crippen molar-refractivity contribution in [3.63, 3.8) is 0 Å². The SMILES string of the molecule is CC(c1ccccc1Cl)N1CCC(C(=O)O)CC1. The maximum Gasteiger partial charge on any atom is 0.306 e. The number of halogens is 1. The summed E-state index contributed by atoms with van der Waals surface area (Å²) < 4.78 is 0. The van der Waals surface area contributed by atoms with Crippen LogP contribution in [0.2, 0.25) is 5.02 Å². The summed E-state index contributed by atoms with van der Waals surface area (Å²) in [4.78, 5) is 13.2. The second kappa shape index (κ2) is 5.72. The van der Waals surface area contributed by atoms with Gasteiger partial charge in [-0.05, 0) is 44.5 Å². The van der Waals surface area contributed by atoms with E-state index in [-0.39, 0.29) is 12.0 Å². The predicted octanol–water partition coefficient (Wildman–Crippen LogP) is 3.20. The third-order valence-electron chi connectivity index (χ3n) is 3.78. The Kier molecular flexibility index (Phi) is 4.25. The number of aliphatic carboxylic acids is 1. The fraction of sp³-hybridized carbons (Fsp3) is 0.500. The molecule has 3 nitrogen and oxygen atoms in total. The minimum Gasteiger partial charge on any atom is -0.481 e. The molecular formula is C14H18ClNO2. The van der Waals surface area contributed by atoms with E-state index >= 15 is 0 Å². The molecule has 18 heavy (non-hydrogen) atoms. The summed E-state index contributed by atoms with van der Waals surface area (Å²) in [6, 6.07) is 8.10. The van der Waals surface area contributed by atoms with Gasteiger partial charge in [-0.15, -0.1) is 0 Å². The summed E-state index contributed by atoms with van der Waals surface area (Å²) in [6.07, 6.45) is 1.45. The summed E-state index contributed by atoms with van der Waals surface area (Å²) in [5.74, 6) is -0.847. The molecule has 1 aromatic carbocycles. The standard InChI is InChI=1S/C14H18ClNO2/c1-10(12-4-2-3-5-13(12)15)16-8-6-11(7-9-16)14(17)18/h2-5,10-11H,6-9H2,1H3,(H,17,18). The molecule has 0 amide bonds. The Hall–Kier alpha value is -1.06. The molecule has 0 aliphatic carbocycles. The topological polar surface area (TPSA) is 40.5 Å². The van der Waals surface area contributed by atoms with E-state index in [9.17, 15) is 4.79 Å². The zero-order chi connectivity index (χ0) is 13.1. The first-order valence-corrected chi connectivity index (χ1v) is 6.68. The van der Waals surface area contributed by atoms with Gasteiger partial charge in [0.05, 0.1) is 5.92 Å². The highest BCUT2D eigenvalue weighted by Crippen LogP contribution is 2.30. The van der Waals surface area contributed by atoms with Crippen molar-refractivity contribution in [1.29, 1.82) is 0 Å². The maximum atomic E-state index is 10.9. The van der Waals surface area contributed by atoms with Crippen molar-refractivity contribution in [1.82, 2.24) is 4.90 Å². The first-order valence-electron chi connectivity index (χ1n) is 6.31. The Balaban J connectivity index is 2.02. The van der Waals surface area contributed by atoms with Crippen LogP contribution in [0.15, 0.2) is 24.3 Å². The van der Waals surface area contributed by atoms with Crippen LogP contribution in [0.3, 0.4) is 0 Å². The molecule has 1 unspecified atom stereocenters. The van der Waals surface area contributed by atoms with Crippen LogP contribution in [0, 0.1) is 5.92 Å². The molecule has 0 spiro atoms. The van der Waals surface area contributed by atoms with Crippen LogP contribution in [-0.4, -0.2) is 29.1 Å². The third kappa shape index (κ3) is 2.85. The van der Waals surface area contributed by atoms with Crippen molar-refractivity contribution in [3.8, 4) is 0 Å². The molecule has 0 aromatic heterocycles. The van der Waals surface area contributed by atoms with Gasteiger partial charge in [0.2, 0.25) is 0 Å². The molecule has 0 saturated carbocycles. The largest absolute Gasteiger partial charge is 0.481 e. The molecule has 0 bridgehead atoms. The summed E-state index contributed by atoms with van der Waals surface area (Å²) in [7, 11) is 0. The van der Waals surface area contributed by atoms with Crippen molar-refractivity contribution < 1.29 is 9.90 Å². The van der Waals surface area contributed by atoms with Gasteiger partial charge in [-0.3, -0.25) is 9.69 Å². The molecule has 1 saturated heterocycles. The van der Waals surface area contributed by atoms with Crippen molar-refractivity contribution in [3.05, 3.63) is 34.9 Å². The first kappa shape index (κ1) is 13.4. The average Bonchev–Trinajstić information content (AvgIpc) is 2.38. The van der Waals surface area contributed by atoms with Gasteiger partial charge < -0.3 is 5.11 Å². The number of likely N-dealkylation sites (tertiary alicyclic amines) is 1. The van der Waals surface area contributed by atoms with Crippen LogP contribution in [0.5, 0.6) is 0 Å². The van der Waals surface area contributed by atoms with E-state index in [4.69, 9.17) is 16.7 Å². The number of nitrogens with zero attached hydrogens (tertiary/aromatic N) is 1. The Morgan fingerprint density at radius 2 is 2.00 bits per heavy atom. The number of carbonyl (C=O) groups is 1. The van der Waals surface area contributed by atoms with Gasteiger partial charge in [-0.1, -0.05) is 29.8 Å². The van der Waals surface area contributed by atoms with Gasteiger partial charge in [0.25, 0.3) is 0 Å². The second-order valence-electron chi connectivity index (χ2n) is 4.85. The summed E-state index contributed by atoms with van der Waals surface area (Å²) in [5.41, 5.74) is 1.12. The van der Waals surface area contributed by atoms with Crippen LogP contribution in [0.1, 0.15) is 31.4 Å². The van der Waals surface area contributed by atoms with Crippen molar-refractivity contribution >= 4 is 17.6 Å². The molecule has 1 aromatic rings. The number of carboxylic acid groups (broad SMARTS) is 1. The van der Waals surface area contributed by atoms with Gasteiger partial charge in [0, 0.05) is 11.1 Å². The van der Waals surface area contributed by atoms with Gasteiger partial charge >= 0.3 is 5.97 Å². The minimum atomic E-state index is -0.667. The lowest BCUT2D eigenvalue weighted by atomic mass is 9.95. The van der Waals surface area contributed by atoms with E-state index in [0.29, 0.717) is 0 Å².